The lowest BCUT2D eigenvalue weighted by molar-refractivity contribution is -0.117. The summed E-state index contributed by atoms with van der Waals surface area (Å²) in [5.74, 6) is -0.114. The summed E-state index contributed by atoms with van der Waals surface area (Å²) in [6.45, 7) is 2.85. The third kappa shape index (κ3) is 2.86. The highest BCUT2D eigenvalue weighted by atomic mass is 16.2. The van der Waals surface area contributed by atoms with Crippen LogP contribution in [0.1, 0.15) is 41.7 Å². The van der Waals surface area contributed by atoms with Gasteiger partial charge in [-0.2, -0.15) is 0 Å². The molecule has 128 valence electrons. The molecular weight excluding hydrogens is 314 g/mol. The molecule has 2 aliphatic heterocycles. The van der Waals surface area contributed by atoms with E-state index >= 15 is 0 Å². The molecule has 25 heavy (non-hydrogen) atoms. The van der Waals surface area contributed by atoms with Gasteiger partial charge in [0.05, 0.1) is 17.4 Å². The van der Waals surface area contributed by atoms with Crippen molar-refractivity contribution >= 4 is 23.2 Å². The minimum Gasteiger partial charge on any atom is -0.358 e. The Morgan fingerprint density at radius 2 is 2.04 bits per heavy atom. The number of hydrogen-bond donors (Lipinski definition) is 2. The predicted molar refractivity (Wildman–Crippen MR) is 97.8 cm³/mol. The largest absolute Gasteiger partial charge is 0.358 e. The van der Waals surface area contributed by atoms with Crippen molar-refractivity contribution in [1.82, 2.24) is 5.32 Å². The van der Waals surface area contributed by atoms with Crippen molar-refractivity contribution in [2.45, 2.75) is 31.8 Å². The van der Waals surface area contributed by atoms with Crippen molar-refractivity contribution in [1.29, 1.82) is 0 Å². The number of amides is 2. The molecule has 2 heterocycles. The summed E-state index contributed by atoms with van der Waals surface area (Å²) in [5.41, 5.74) is 3.35. The van der Waals surface area contributed by atoms with E-state index in [2.05, 4.69) is 15.5 Å². The van der Waals surface area contributed by atoms with E-state index in [0.29, 0.717) is 5.56 Å². The summed E-state index contributed by atoms with van der Waals surface area (Å²) in [4.78, 5) is 27.0. The SMILES string of the molecule is C[C@@H](NC(=O)c1ccc2c(c1)NC(=O)[C@@H]1CCCN21)c1ccccc1. The summed E-state index contributed by atoms with van der Waals surface area (Å²) in [5, 5.41) is 5.96. The van der Waals surface area contributed by atoms with Crippen LogP contribution < -0.4 is 15.5 Å². The van der Waals surface area contributed by atoms with Gasteiger partial charge in [0.1, 0.15) is 6.04 Å². The maximum Gasteiger partial charge on any atom is 0.251 e. The molecule has 0 spiro atoms. The average Bonchev–Trinajstić information content (AvgIpc) is 3.12. The summed E-state index contributed by atoms with van der Waals surface area (Å²) >= 11 is 0. The first kappa shape index (κ1) is 15.7. The standard InChI is InChI=1S/C20H21N3O2/c1-13(14-6-3-2-4-7-14)21-19(24)15-9-10-17-16(12-15)22-20(25)18-8-5-11-23(17)18/h2-4,6-7,9-10,12-13,18H,5,8,11H2,1H3,(H,21,24)(H,22,25)/t13-,18+/m1/s1. The first-order valence-electron chi connectivity index (χ1n) is 8.71. The summed E-state index contributed by atoms with van der Waals surface area (Å²) < 4.78 is 0. The van der Waals surface area contributed by atoms with Gasteiger partial charge in [0.15, 0.2) is 0 Å². The quantitative estimate of drug-likeness (QED) is 0.906. The van der Waals surface area contributed by atoms with Crippen molar-refractivity contribution in [3.05, 3.63) is 59.7 Å². The fourth-order valence-electron chi connectivity index (χ4n) is 3.68. The monoisotopic (exact) mass is 335 g/mol. The van der Waals surface area contributed by atoms with E-state index in [0.717, 1.165) is 36.3 Å². The fraction of sp³-hybridized carbons (Fsp3) is 0.300. The van der Waals surface area contributed by atoms with Gasteiger partial charge in [-0.25, -0.2) is 0 Å². The summed E-state index contributed by atoms with van der Waals surface area (Å²) in [6, 6.07) is 15.3. The number of benzene rings is 2. The van der Waals surface area contributed by atoms with E-state index in [1.165, 1.54) is 0 Å². The molecule has 2 N–H and O–H groups in total. The molecule has 0 unspecified atom stereocenters. The van der Waals surface area contributed by atoms with Crippen LogP contribution in [0.3, 0.4) is 0 Å². The topological polar surface area (TPSA) is 61.4 Å². The van der Waals surface area contributed by atoms with Gasteiger partial charge in [-0.05, 0) is 43.5 Å². The van der Waals surface area contributed by atoms with Gasteiger partial charge in [-0.15, -0.1) is 0 Å². The molecule has 0 radical (unpaired) electrons. The van der Waals surface area contributed by atoms with E-state index in [4.69, 9.17) is 0 Å². The van der Waals surface area contributed by atoms with Crippen LogP contribution in [0, 0.1) is 0 Å². The predicted octanol–water partition coefficient (Wildman–Crippen LogP) is 3.10. The highest BCUT2D eigenvalue weighted by molar-refractivity contribution is 6.06. The molecule has 2 aromatic rings. The molecule has 0 aliphatic carbocycles. The van der Waals surface area contributed by atoms with E-state index in [1.54, 1.807) is 6.07 Å². The Balaban J connectivity index is 1.55. The van der Waals surface area contributed by atoms with Gasteiger partial charge >= 0.3 is 0 Å². The Labute approximate surface area is 147 Å². The maximum atomic E-state index is 12.6. The zero-order chi connectivity index (χ0) is 17.4. The molecular formula is C20H21N3O2. The number of anilines is 2. The molecule has 4 rings (SSSR count). The van der Waals surface area contributed by atoms with Crippen LogP contribution in [0.2, 0.25) is 0 Å². The molecule has 1 saturated heterocycles. The second-order valence-electron chi connectivity index (χ2n) is 6.68. The van der Waals surface area contributed by atoms with Crippen LogP contribution in [0.25, 0.3) is 0 Å². The van der Waals surface area contributed by atoms with Crippen molar-refractivity contribution in [3.8, 4) is 0 Å². The smallest absolute Gasteiger partial charge is 0.251 e. The van der Waals surface area contributed by atoms with Gasteiger partial charge in [-0.1, -0.05) is 30.3 Å². The van der Waals surface area contributed by atoms with Gasteiger partial charge in [0, 0.05) is 12.1 Å². The normalized spacial score (nSPS) is 19.6. The maximum absolute atomic E-state index is 12.6. The van der Waals surface area contributed by atoms with Crippen LogP contribution in [0.15, 0.2) is 48.5 Å². The highest BCUT2D eigenvalue weighted by Gasteiger charge is 2.36. The van der Waals surface area contributed by atoms with Crippen molar-refractivity contribution in [2.24, 2.45) is 0 Å². The molecule has 2 aromatic carbocycles. The molecule has 2 amide bonds. The second kappa shape index (κ2) is 6.24. The van der Waals surface area contributed by atoms with Crippen LogP contribution in [-0.2, 0) is 4.79 Å². The first-order chi connectivity index (χ1) is 12.1. The Morgan fingerprint density at radius 3 is 2.84 bits per heavy atom. The average molecular weight is 335 g/mol. The van der Waals surface area contributed by atoms with E-state index in [1.807, 2.05) is 49.4 Å². The number of nitrogens with one attached hydrogen (secondary N) is 2. The Kier molecular flexibility index (Phi) is 3.92. The molecule has 5 heteroatoms. The van der Waals surface area contributed by atoms with Crippen molar-refractivity contribution in [2.75, 3.05) is 16.8 Å². The lowest BCUT2D eigenvalue weighted by Crippen LogP contribution is -2.44. The van der Waals surface area contributed by atoms with Gasteiger partial charge in [0.25, 0.3) is 5.91 Å². The first-order valence-corrected chi connectivity index (χ1v) is 8.71. The number of carbonyl (C=O) groups excluding carboxylic acids is 2. The van der Waals surface area contributed by atoms with E-state index in [9.17, 15) is 9.59 Å². The Hall–Kier alpha value is -2.82. The van der Waals surface area contributed by atoms with Crippen LogP contribution in [-0.4, -0.2) is 24.4 Å². The number of hydrogen-bond acceptors (Lipinski definition) is 3. The van der Waals surface area contributed by atoms with Crippen molar-refractivity contribution < 1.29 is 9.59 Å². The van der Waals surface area contributed by atoms with E-state index in [-0.39, 0.29) is 23.9 Å². The third-order valence-corrected chi connectivity index (χ3v) is 5.03. The number of nitrogens with zero attached hydrogens (tertiary/aromatic N) is 1. The van der Waals surface area contributed by atoms with Gasteiger partial charge in [0.2, 0.25) is 5.91 Å². The number of carbonyl (C=O) groups is 2. The third-order valence-electron chi connectivity index (χ3n) is 5.03. The molecule has 2 aliphatic rings. The molecule has 0 bridgehead atoms. The van der Waals surface area contributed by atoms with E-state index < -0.39 is 0 Å². The number of fused-ring (bicyclic) bond motifs is 3. The molecule has 0 aromatic heterocycles. The lowest BCUT2D eigenvalue weighted by Gasteiger charge is -2.33. The molecule has 0 saturated carbocycles. The molecule has 5 nitrogen and oxygen atoms in total. The zero-order valence-electron chi connectivity index (χ0n) is 14.2. The Bertz CT molecular complexity index is 819. The molecule has 2 atom stereocenters. The van der Waals surface area contributed by atoms with Gasteiger partial charge < -0.3 is 15.5 Å². The summed E-state index contributed by atoms with van der Waals surface area (Å²) in [6.07, 6.45) is 1.91. The summed E-state index contributed by atoms with van der Waals surface area (Å²) in [7, 11) is 0. The van der Waals surface area contributed by atoms with Crippen LogP contribution in [0.5, 0.6) is 0 Å². The van der Waals surface area contributed by atoms with Crippen molar-refractivity contribution in [3.63, 3.8) is 0 Å². The highest BCUT2D eigenvalue weighted by Crippen LogP contribution is 2.37. The fourth-order valence-corrected chi connectivity index (χ4v) is 3.68. The van der Waals surface area contributed by atoms with Crippen LogP contribution in [0.4, 0.5) is 11.4 Å². The van der Waals surface area contributed by atoms with Crippen LogP contribution >= 0.6 is 0 Å². The minimum atomic E-state index is -0.142. The Morgan fingerprint density at radius 1 is 1.24 bits per heavy atom. The minimum absolute atomic E-state index is 0.0280. The lowest BCUT2D eigenvalue weighted by atomic mass is 10.1. The number of rotatable bonds is 3. The molecule has 1 fully saturated rings. The second-order valence-corrected chi connectivity index (χ2v) is 6.68. The zero-order valence-corrected chi connectivity index (χ0v) is 14.2. The van der Waals surface area contributed by atoms with Gasteiger partial charge in [-0.3, -0.25) is 9.59 Å².